The Bertz CT molecular complexity index is 1650. The summed E-state index contributed by atoms with van der Waals surface area (Å²) in [6.07, 6.45) is 3.16. The van der Waals surface area contributed by atoms with Crippen LogP contribution in [0.15, 0.2) is 59.3 Å². The van der Waals surface area contributed by atoms with E-state index in [1.165, 1.54) is 28.9 Å². The first-order valence-electron chi connectivity index (χ1n) is 14.3. The van der Waals surface area contributed by atoms with Gasteiger partial charge in [-0.3, -0.25) is 9.72 Å². The van der Waals surface area contributed by atoms with Crippen molar-refractivity contribution in [3.63, 3.8) is 0 Å². The monoisotopic (exact) mass is 571 g/mol. The molecule has 5 aromatic rings. The number of piperazine rings is 1. The number of anilines is 2. The highest BCUT2D eigenvalue weighted by atomic mass is 32.1. The van der Waals surface area contributed by atoms with Crippen LogP contribution in [0, 0.1) is 0 Å². The van der Waals surface area contributed by atoms with E-state index in [0.29, 0.717) is 17.3 Å². The highest BCUT2D eigenvalue weighted by molar-refractivity contribution is 7.23. The molecule has 2 N–H and O–H groups in total. The molecule has 0 radical (unpaired) electrons. The van der Waals surface area contributed by atoms with Crippen LogP contribution in [0.4, 0.5) is 16.3 Å². The van der Waals surface area contributed by atoms with E-state index in [-0.39, 0.29) is 11.4 Å². The van der Waals surface area contributed by atoms with Gasteiger partial charge < -0.3 is 19.6 Å². The maximum Gasteiger partial charge on any atom is 0.324 e. The van der Waals surface area contributed by atoms with Gasteiger partial charge in [0.1, 0.15) is 5.76 Å². The van der Waals surface area contributed by atoms with Gasteiger partial charge in [-0.15, -0.1) is 0 Å². The molecule has 4 heterocycles. The van der Waals surface area contributed by atoms with Gasteiger partial charge in [0.2, 0.25) is 0 Å². The van der Waals surface area contributed by atoms with Crippen LogP contribution in [-0.2, 0) is 11.8 Å². The standard InChI is InChI=1S/C31H37N7O2S/c1-5-36-14-16-37(17-15-36)13-12-21-6-11-26-25(18-21)38-20-24(33-30(38)41-26)22-7-9-23(10-8-22)32-29(39)34-28-19-27(40-35-28)31(2,3)4/h6-11,18-20H,5,12-17H2,1-4H3,(H2,32,34,35,39). The quantitative estimate of drug-likeness (QED) is 0.237. The first-order valence-corrected chi connectivity index (χ1v) is 15.1. The molecule has 41 heavy (non-hydrogen) atoms. The average Bonchev–Trinajstić information content (AvgIpc) is 3.68. The molecule has 9 nitrogen and oxygen atoms in total. The van der Waals surface area contributed by atoms with Crippen LogP contribution in [0.3, 0.4) is 0 Å². The number of aromatic nitrogens is 3. The minimum atomic E-state index is -0.375. The summed E-state index contributed by atoms with van der Waals surface area (Å²) >= 11 is 1.71. The smallest absolute Gasteiger partial charge is 0.324 e. The Balaban J connectivity index is 1.10. The second kappa shape index (κ2) is 11.3. The molecule has 0 unspecified atom stereocenters. The van der Waals surface area contributed by atoms with Crippen molar-refractivity contribution in [2.45, 2.75) is 39.5 Å². The van der Waals surface area contributed by atoms with E-state index in [1.54, 1.807) is 17.4 Å². The molecule has 0 bridgehead atoms. The number of benzene rings is 2. The Morgan fingerprint density at radius 3 is 2.46 bits per heavy atom. The zero-order valence-corrected chi connectivity index (χ0v) is 24.9. The summed E-state index contributed by atoms with van der Waals surface area (Å²) in [5.41, 5.74) is 4.96. The van der Waals surface area contributed by atoms with E-state index >= 15 is 0 Å². The predicted molar refractivity (Wildman–Crippen MR) is 166 cm³/mol. The third-order valence-electron chi connectivity index (χ3n) is 7.72. The molecule has 6 rings (SSSR count). The number of rotatable bonds is 7. The van der Waals surface area contributed by atoms with Crippen LogP contribution in [-0.4, -0.2) is 69.6 Å². The van der Waals surface area contributed by atoms with Crippen molar-refractivity contribution in [2.24, 2.45) is 0 Å². The molecule has 2 aromatic carbocycles. The summed E-state index contributed by atoms with van der Waals surface area (Å²) < 4.78 is 8.78. The second-order valence-electron chi connectivity index (χ2n) is 11.7. The number of urea groups is 1. The van der Waals surface area contributed by atoms with Gasteiger partial charge >= 0.3 is 6.03 Å². The van der Waals surface area contributed by atoms with Crippen molar-refractivity contribution in [3.8, 4) is 11.3 Å². The minimum Gasteiger partial charge on any atom is -0.359 e. The molecule has 0 atom stereocenters. The number of nitrogens with one attached hydrogen (secondary N) is 2. The van der Waals surface area contributed by atoms with Gasteiger partial charge in [0.25, 0.3) is 0 Å². The van der Waals surface area contributed by atoms with E-state index in [1.807, 2.05) is 45.0 Å². The first kappa shape index (κ1) is 27.4. The number of nitrogens with zero attached hydrogens (tertiary/aromatic N) is 5. The fraction of sp³-hybridized carbons (Fsp3) is 0.387. The van der Waals surface area contributed by atoms with Crippen LogP contribution in [0.5, 0.6) is 0 Å². The van der Waals surface area contributed by atoms with Crippen LogP contribution in [0.25, 0.3) is 26.4 Å². The Hall–Kier alpha value is -3.73. The molecule has 1 aliphatic rings. The summed E-state index contributed by atoms with van der Waals surface area (Å²) in [7, 11) is 0. The van der Waals surface area contributed by atoms with Crippen molar-refractivity contribution >= 4 is 44.1 Å². The zero-order valence-electron chi connectivity index (χ0n) is 24.1. The fourth-order valence-corrected chi connectivity index (χ4v) is 6.13. The lowest BCUT2D eigenvalue weighted by atomic mass is 9.93. The summed E-state index contributed by atoms with van der Waals surface area (Å²) in [5, 5.41) is 9.51. The number of likely N-dealkylation sites (N-methyl/N-ethyl adjacent to an activating group) is 1. The van der Waals surface area contributed by atoms with E-state index in [0.717, 1.165) is 48.8 Å². The lowest BCUT2D eigenvalue weighted by molar-refractivity contribution is 0.138. The van der Waals surface area contributed by atoms with Crippen molar-refractivity contribution in [2.75, 3.05) is 49.9 Å². The highest BCUT2D eigenvalue weighted by Crippen LogP contribution is 2.31. The zero-order chi connectivity index (χ0) is 28.6. The molecule has 0 saturated carbocycles. The van der Waals surface area contributed by atoms with Crippen LogP contribution >= 0.6 is 11.3 Å². The van der Waals surface area contributed by atoms with Crippen LogP contribution < -0.4 is 10.6 Å². The van der Waals surface area contributed by atoms with Crippen molar-refractivity contribution in [3.05, 3.63) is 66.1 Å². The number of hydrogen-bond donors (Lipinski definition) is 2. The maximum absolute atomic E-state index is 12.5. The molecule has 10 heteroatoms. The van der Waals surface area contributed by atoms with Crippen molar-refractivity contribution in [1.29, 1.82) is 0 Å². The Morgan fingerprint density at radius 1 is 1.00 bits per heavy atom. The van der Waals surface area contributed by atoms with Gasteiger partial charge in [-0.25, -0.2) is 9.78 Å². The first-order chi connectivity index (χ1) is 19.7. The average molecular weight is 572 g/mol. The van der Waals surface area contributed by atoms with Gasteiger partial charge in [0.15, 0.2) is 10.8 Å². The number of amides is 2. The number of imidazole rings is 1. The minimum absolute atomic E-state index is 0.181. The van der Waals surface area contributed by atoms with Gasteiger partial charge in [-0.1, -0.05) is 62.4 Å². The third kappa shape index (κ3) is 6.14. The normalized spacial score (nSPS) is 15.1. The SMILES string of the molecule is CCN1CCN(CCc2ccc3sc4nc(-c5ccc(NC(=O)Nc6cc(C(C)(C)C)on6)cc5)cn4c3c2)CC1. The fourth-order valence-electron chi connectivity index (χ4n) is 5.15. The van der Waals surface area contributed by atoms with Gasteiger partial charge in [0, 0.05) is 61.7 Å². The summed E-state index contributed by atoms with van der Waals surface area (Å²) in [6, 6.07) is 15.9. The summed E-state index contributed by atoms with van der Waals surface area (Å²) in [6.45, 7) is 15.2. The molecule has 2 amide bonds. The van der Waals surface area contributed by atoms with Crippen LogP contribution in [0.2, 0.25) is 0 Å². The second-order valence-corrected chi connectivity index (χ2v) is 12.7. The Kier molecular flexibility index (Phi) is 7.54. The third-order valence-corrected chi connectivity index (χ3v) is 8.75. The lowest BCUT2D eigenvalue weighted by Crippen LogP contribution is -2.46. The topological polar surface area (TPSA) is 90.9 Å². The molecule has 1 saturated heterocycles. The molecule has 0 spiro atoms. The largest absolute Gasteiger partial charge is 0.359 e. The number of carbonyl (C=O) groups is 1. The number of carbonyl (C=O) groups excluding carboxylic acids is 1. The Morgan fingerprint density at radius 2 is 1.76 bits per heavy atom. The number of hydrogen-bond acceptors (Lipinski definition) is 7. The molecule has 3 aromatic heterocycles. The molecule has 1 fully saturated rings. The predicted octanol–water partition coefficient (Wildman–Crippen LogP) is 6.33. The molecule has 214 valence electrons. The molecule has 1 aliphatic heterocycles. The van der Waals surface area contributed by atoms with E-state index in [9.17, 15) is 4.79 Å². The van der Waals surface area contributed by atoms with E-state index < -0.39 is 0 Å². The van der Waals surface area contributed by atoms with Gasteiger partial charge in [0.05, 0.1) is 15.9 Å². The number of fused-ring (bicyclic) bond motifs is 3. The van der Waals surface area contributed by atoms with Gasteiger partial charge in [-0.2, -0.15) is 0 Å². The van der Waals surface area contributed by atoms with Crippen molar-refractivity contribution in [1.82, 2.24) is 24.3 Å². The Labute approximate surface area is 244 Å². The van der Waals surface area contributed by atoms with Crippen molar-refractivity contribution < 1.29 is 9.32 Å². The molecule has 0 aliphatic carbocycles. The molecular weight excluding hydrogens is 534 g/mol. The summed E-state index contributed by atoms with van der Waals surface area (Å²) in [5.74, 6) is 1.09. The maximum atomic E-state index is 12.5. The highest BCUT2D eigenvalue weighted by Gasteiger charge is 2.20. The molecular formula is C31H37N7O2S. The van der Waals surface area contributed by atoms with Gasteiger partial charge in [-0.05, 0) is 42.8 Å². The van der Waals surface area contributed by atoms with Crippen LogP contribution in [0.1, 0.15) is 39.0 Å². The van der Waals surface area contributed by atoms with E-state index in [4.69, 9.17) is 9.51 Å². The van der Waals surface area contributed by atoms with E-state index in [2.05, 4.69) is 61.3 Å². The lowest BCUT2D eigenvalue weighted by Gasteiger charge is -2.34. The summed E-state index contributed by atoms with van der Waals surface area (Å²) in [4.78, 5) is 23.4. The number of thiazole rings is 1.